The summed E-state index contributed by atoms with van der Waals surface area (Å²) in [7, 11) is 3.12. The number of aromatic amines is 1. The number of carbonyl (C=O) groups excluding carboxylic acids is 2. The SMILES string of the molecule is CN1CC(c2cccc(Cl)c2F)[C@@](C#N)(c2ccc(Cl)cc2F)C1CC(C)(C)C.COC(=O)c1nc(NC=O)n[nH]1. The first-order chi connectivity index (χ1) is 19.3. The fourth-order valence-electron chi connectivity index (χ4n) is 5.14. The number of aromatic nitrogens is 3. The maximum absolute atomic E-state index is 15.2. The average Bonchev–Trinajstić information content (AvgIpc) is 3.48. The Morgan fingerprint density at radius 3 is 2.61 bits per heavy atom. The second-order valence-corrected chi connectivity index (χ2v) is 11.6. The Morgan fingerprint density at radius 1 is 1.32 bits per heavy atom. The first-order valence-electron chi connectivity index (χ1n) is 12.5. The van der Waals surface area contributed by atoms with Crippen LogP contribution in [-0.2, 0) is 14.9 Å². The molecule has 1 saturated heterocycles. The van der Waals surface area contributed by atoms with Gasteiger partial charge in [-0.3, -0.25) is 15.2 Å². The Hall–Kier alpha value is -3.59. The molecule has 0 radical (unpaired) electrons. The van der Waals surface area contributed by atoms with Crippen LogP contribution in [0, 0.1) is 28.4 Å². The predicted molar refractivity (Wildman–Crippen MR) is 151 cm³/mol. The van der Waals surface area contributed by atoms with E-state index in [2.05, 4.69) is 52.1 Å². The molecule has 0 spiro atoms. The number of likely N-dealkylation sites (tertiary alicyclic amines) is 1. The van der Waals surface area contributed by atoms with E-state index in [4.69, 9.17) is 23.2 Å². The molecule has 1 aliphatic rings. The van der Waals surface area contributed by atoms with Crippen molar-refractivity contribution in [3.05, 3.63) is 75.0 Å². The van der Waals surface area contributed by atoms with Crippen molar-refractivity contribution in [2.75, 3.05) is 26.0 Å². The van der Waals surface area contributed by atoms with Crippen LogP contribution < -0.4 is 5.32 Å². The number of benzene rings is 2. The van der Waals surface area contributed by atoms with Crippen molar-refractivity contribution >= 4 is 41.5 Å². The first kappa shape index (κ1) is 31.9. The summed E-state index contributed by atoms with van der Waals surface area (Å²) in [4.78, 5) is 26.3. The van der Waals surface area contributed by atoms with E-state index in [-0.39, 0.29) is 38.8 Å². The number of likely N-dealkylation sites (N-methyl/N-ethyl adjacent to an activating group) is 1. The number of halogens is 4. The third kappa shape index (κ3) is 6.84. The Labute approximate surface area is 246 Å². The molecule has 4 rings (SSSR count). The number of nitriles is 1. The topological polar surface area (TPSA) is 124 Å². The molecule has 2 aromatic carbocycles. The number of hydrogen-bond acceptors (Lipinski definition) is 7. The molecule has 0 aliphatic carbocycles. The lowest BCUT2D eigenvalue weighted by Gasteiger charge is -2.38. The number of amides is 1. The third-order valence-corrected chi connectivity index (χ3v) is 7.38. The van der Waals surface area contributed by atoms with Gasteiger partial charge in [-0.15, -0.1) is 5.10 Å². The zero-order valence-electron chi connectivity index (χ0n) is 23.1. The molecule has 0 bridgehead atoms. The van der Waals surface area contributed by atoms with Gasteiger partial charge < -0.3 is 9.64 Å². The van der Waals surface area contributed by atoms with Crippen molar-refractivity contribution in [3.8, 4) is 6.07 Å². The third-order valence-electron chi connectivity index (χ3n) is 6.85. The highest BCUT2D eigenvalue weighted by Crippen LogP contribution is 2.53. The van der Waals surface area contributed by atoms with E-state index in [1.807, 2.05) is 11.9 Å². The van der Waals surface area contributed by atoms with Crippen LogP contribution in [0.2, 0.25) is 10.0 Å². The summed E-state index contributed by atoms with van der Waals surface area (Å²) in [5.74, 6) is -2.36. The maximum atomic E-state index is 15.2. The van der Waals surface area contributed by atoms with Gasteiger partial charge in [0.05, 0.1) is 18.2 Å². The van der Waals surface area contributed by atoms with Crippen molar-refractivity contribution < 1.29 is 23.1 Å². The number of rotatable bonds is 6. The number of carbonyl (C=O) groups is 2. The number of hydrogen-bond donors (Lipinski definition) is 2. The van der Waals surface area contributed by atoms with Crippen molar-refractivity contribution in [1.29, 1.82) is 5.26 Å². The zero-order chi connectivity index (χ0) is 30.5. The molecule has 2 heterocycles. The number of nitrogens with zero attached hydrogens (tertiary/aromatic N) is 4. The smallest absolute Gasteiger partial charge is 0.375 e. The highest BCUT2D eigenvalue weighted by atomic mass is 35.5. The standard InChI is InChI=1S/C23H24Cl2F2N2.C5H6N4O3/c1-22(2,3)11-20-23(13-28,16-9-8-14(24)10-19(16)26)17(12-29(20)4)15-6-5-7-18(25)21(15)27;1-12-4(11)3-7-5(6-2-10)9-8-3/h5-10,17,20H,11-12H2,1-4H3;2H,1H3,(H2,6,7,8,9,10)/t17?,20?,23-;/m1./s1. The van der Waals surface area contributed by atoms with Crippen molar-refractivity contribution in [3.63, 3.8) is 0 Å². The van der Waals surface area contributed by atoms with Gasteiger partial charge in [-0.25, -0.2) is 13.6 Å². The molecular weight excluding hydrogens is 577 g/mol. The number of anilines is 1. The summed E-state index contributed by atoms with van der Waals surface area (Å²) >= 11 is 12.0. The van der Waals surface area contributed by atoms with Crippen LogP contribution in [0.25, 0.3) is 0 Å². The normalized spacial score (nSPS) is 20.5. The molecule has 0 saturated carbocycles. The molecule has 1 aromatic heterocycles. The van der Waals surface area contributed by atoms with Crippen LogP contribution >= 0.6 is 23.2 Å². The van der Waals surface area contributed by atoms with Crippen LogP contribution in [0.1, 0.15) is 54.9 Å². The van der Waals surface area contributed by atoms with Gasteiger partial charge in [-0.05, 0) is 42.6 Å². The molecule has 2 N–H and O–H groups in total. The molecule has 218 valence electrons. The van der Waals surface area contributed by atoms with Crippen molar-refractivity contribution in [2.24, 2.45) is 5.41 Å². The molecule has 41 heavy (non-hydrogen) atoms. The summed E-state index contributed by atoms with van der Waals surface area (Å²) in [6.07, 6.45) is 1.04. The Morgan fingerprint density at radius 2 is 2.02 bits per heavy atom. The lowest BCUT2D eigenvalue weighted by molar-refractivity contribution is -0.105. The molecule has 3 atom stereocenters. The van der Waals surface area contributed by atoms with Gasteiger partial charge in [0.2, 0.25) is 18.2 Å². The Bertz CT molecular complexity index is 1460. The number of nitrogens with one attached hydrogen (secondary N) is 2. The quantitative estimate of drug-likeness (QED) is 0.271. The van der Waals surface area contributed by atoms with Crippen LogP contribution in [0.15, 0.2) is 36.4 Å². The fourth-order valence-corrected chi connectivity index (χ4v) is 5.48. The lowest BCUT2D eigenvalue weighted by Crippen LogP contribution is -2.45. The number of H-pyrrole nitrogens is 1. The van der Waals surface area contributed by atoms with E-state index in [9.17, 15) is 14.9 Å². The zero-order valence-corrected chi connectivity index (χ0v) is 24.6. The van der Waals surface area contributed by atoms with Gasteiger partial charge in [0.25, 0.3) is 0 Å². The van der Waals surface area contributed by atoms with Crippen LogP contribution in [0.3, 0.4) is 0 Å². The van der Waals surface area contributed by atoms with Gasteiger partial charge >= 0.3 is 5.97 Å². The van der Waals surface area contributed by atoms with Gasteiger partial charge in [-0.1, -0.05) is 62.2 Å². The highest BCUT2D eigenvalue weighted by molar-refractivity contribution is 6.31. The average molecular weight is 607 g/mol. The molecule has 13 heteroatoms. The molecular formula is C28H30Cl2F2N6O3. The summed E-state index contributed by atoms with van der Waals surface area (Å²) < 4.78 is 34.5. The lowest BCUT2D eigenvalue weighted by atomic mass is 9.64. The Kier molecular flexibility index (Phi) is 10.1. The monoisotopic (exact) mass is 606 g/mol. The van der Waals surface area contributed by atoms with E-state index in [1.54, 1.807) is 24.3 Å². The first-order valence-corrected chi connectivity index (χ1v) is 13.3. The van der Waals surface area contributed by atoms with E-state index in [1.165, 1.54) is 19.2 Å². The van der Waals surface area contributed by atoms with Crippen LogP contribution in [-0.4, -0.2) is 59.2 Å². The van der Waals surface area contributed by atoms with E-state index >= 15 is 8.78 Å². The summed E-state index contributed by atoms with van der Waals surface area (Å²) in [5, 5.41) is 18.7. The fraction of sp³-hybridized carbons (Fsp3) is 0.393. The summed E-state index contributed by atoms with van der Waals surface area (Å²) in [5.41, 5.74) is -0.836. The molecule has 2 unspecified atom stereocenters. The van der Waals surface area contributed by atoms with Crippen LogP contribution in [0.4, 0.5) is 14.7 Å². The number of esters is 1. The molecule has 9 nitrogen and oxygen atoms in total. The molecule has 1 amide bonds. The highest BCUT2D eigenvalue weighted by Gasteiger charge is 2.57. The van der Waals surface area contributed by atoms with Gasteiger partial charge in [0.15, 0.2) is 0 Å². The predicted octanol–water partition coefficient (Wildman–Crippen LogP) is 5.73. The largest absolute Gasteiger partial charge is 0.463 e. The van der Waals surface area contributed by atoms with E-state index in [0.29, 0.717) is 24.9 Å². The second kappa shape index (κ2) is 12.9. The maximum Gasteiger partial charge on any atom is 0.375 e. The number of ether oxygens (including phenoxy) is 1. The Balaban J connectivity index is 0.000000322. The minimum atomic E-state index is -1.29. The van der Waals surface area contributed by atoms with Crippen LogP contribution in [0.5, 0.6) is 0 Å². The summed E-state index contributed by atoms with van der Waals surface area (Å²) in [6.45, 7) is 6.64. The summed E-state index contributed by atoms with van der Waals surface area (Å²) in [6, 6.07) is 11.2. The molecule has 3 aromatic rings. The minimum absolute atomic E-state index is 0.00663. The van der Waals surface area contributed by atoms with Crippen molar-refractivity contribution in [2.45, 2.75) is 44.6 Å². The number of methoxy groups -OCH3 is 1. The van der Waals surface area contributed by atoms with E-state index in [0.717, 1.165) is 0 Å². The molecule has 1 aliphatic heterocycles. The van der Waals surface area contributed by atoms with Gasteiger partial charge in [-0.2, -0.15) is 10.2 Å². The van der Waals surface area contributed by atoms with Gasteiger partial charge in [0, 0.05) is 29.1 Å². The van der Waals surface area contributed by atoms with Crippen molar-refractivity contribution in [1.82, 2.24) is 20.1 Å². The van der Waals surface area contributed by atoms with Gasteiger partial charge in [0.1, 0.15) is 17.0 Å². The second-order valence-electron chi connectivity index (χ2n) is 10.8. The minimum Gasteiger partial charge on any atom is -0.463 e. The molecule has 1 fully saturated rings. The van der Waals surface area contributed by atoms with E-state index < -0.39 is 28.9 Å².